The van der Waals surface area contributed by atoms with Gasteiger partial charge in [0.25, 0.3) is 0 Å². The number of benzene rings is 2. The first kappa shape index (κ1) is 16.0. The molecule has 21 heavy (non-hydrogen) atoms. The van der Waals surface area contributed by atoms with Crippen LogP contribution in [0.2, 0.25) is 0 Å². The molecule has 2 aromatic rings. The Labute approximate surface area is 129 Å². The summed E-state index contributed by atoms with van der Waals surface area (Å²) in [5.41, 5.74) is 1.43. The lowest BCUT2D eigenvalue weighted by Gasteiger charge is -2.17. The molecule has 0 aliphatic rings. The van der Waals surface area contributed by atoms with E-state index in [1.807, 2.05) is 6.92 Å². The van der Waals surface area contributed by atoms with Gasteiger partial charge in [0.1, 0.15) is 0 Å². The molecule has 1 N–H and O–H groups in total. The van der Waals surface area contributed by atoms with Gasteiger partial charge in [-0.3, -0.25) is 0 Å². The number of aliphatic hydroxyl groups excluding tert-OH is 1. The molecule has 0 saturated carbocycles. The minimum atomic E-state index is -0.165. The summed E-state index contributed by atoms with van der Waals surface area (Å²) in [7, 11) is 0. The number of fused-ring (bicyclic) bond motifs is 1. The van der Waals surface area contributed by atoms with Crippen molar-refractivity contribution in [2.75, 3.05) is 0 Å². The fourth-order valence-corrected chi connectivity index (χ4v) is 3.26. The van der Waals surface area contributed by atoms with Crippen LogP contribution in [0.4, 0.5) is 0 Å². The fourth-order valence-electron chi connectivity index (χ4n) is 3.26. The van der Waals surface area contributed by atoms with Crippen LogP contribution in [0.3, 0.4) is 0 Å². The summed E-state index contributed by atoms with van der Waals surface area (Å²) in [6, 6.07) is 15.3. The van der Waals surface area contributed by atoms with Crippen molar-refractivity contribution in [3.63, 3.8) is 0 Å². The average Bonchev–Trinajstić information content (AvgIpc) is 2.47. The van der Waals surface area contributed by atoms with Crippen molar-refractivity contribution >= 4 is 10.8 Å². The summed E-state index contributed by atoms with van der Waals surface area (Å²) in [5, 5.41) is 12.2. The van der Waals surface area contributed by atoms with Crippen molar-refractivity contribution in [2.45, 2.75) is 58.5 Å². The van der Waals surface area contributed by atoms with Gasteiger partial charge in [-0.15, -0.1) is 0 Å². The van der Waals surface area contributed by atoms with Crippen molar-refractivity contribution < 1.29 is 5.11 Å². The van der Waals surface area contributed by atoms with Crippen LogP contribution in [-0.4, -0.2) is 11.2 Å². The second-order valence-electron chi connectivity index (χ2n) is 6.31. The van der Waals surface area contributed by atoms with Crippen molar-refractivity contribution in [1.82, 2.24) is 0 Å². The summed E-state index contributed by atoms with van der Waals surface area (Å²) in [6.07, 6.45) is 6.83. The van der Waals surface area contributed by atoms with Crippen molar-refractivity contribution in [3.8, 4) is 0 Å². The summed E-state index contributed by atoms with van der Waals surface area (Å²) >= 11 is 0. The second kappa shape index (κ2) is 8.19. The first-order valence-corrected chi connectivity index (χ1v) is 8.34. The molecule has 0 radical (unpaired) electrons. The van der Waals surface area contributed by atoms with Crippen LogP contribution in [0.25, 0.3) is 10.8 Å². The molecule has 0 bridgehead atoms. The van der Waals surface area contributed by atoms with E-state index >= 15 is 0 Å². The van der Waals surface area contributed by atoms with Crippen molar-refractivity contribution in [3.05, 3.63) is 48.0 Å². The van der Waals surface area contributed by atoms with E-state index in [4.69, 9.17) is 0 Å². The molecular weight excluding hydrogens is 256 g/mol. The van der Waals surface area contributed by atoms with Gasteiger partial charge in [0.2, 0.25) is 0 Å². The Morgan fingerprint density at radius 3 is 2.48 bits per heavy atom. The van der Waals surface area contributed by atoms with Gasteiger partial charge in [0.15, 0.2) is 0 Å². The first-order valence-electron chi connectivity index (χ1n) is 8.34. The lowest BCUT2D eigenvalue weighted by Crippen LogP contribution is -2.10. The van der Waals surface area contributed by atoms with Gasteiger partial charge in [-0.1, -0.05) is 68.7 Å². The molecule has 0 saturated heterocycles. The molecule has 0 heterocycles. The van der Waals surface area contributed by atoms with Gasteiger partial charge in [-0.2, -0.15) is 0 Å². The minimum absolute atomic E-state index is 0.165. The maximum absolute atomic E-state index is 9.58. The Kier molecular flexibility index (Phi) is 6.25. The highest BCUT2D eigenvalue weighted by Gasteiger charge is 2.10. The summed E-state index contributed by atoms with van der Waals surface area (Å²) in [4.78, 5) is 0. The molecule has 1 nitrogen and oxygen atoms in total. The highest BCUT2D eigenvalue weighted by Crippen LogP contribution is 2.22. The SMILES string of the molecule is CCCC(CCCc1ccc2ccccc2c1)CC(C)O. The van der Waals surface area contributed by atoms with E-state index in [9.17, 15) is 5.11 Å². The third-order valence-electron chi connectivity index (χ3n) is 4.26. The molecule has 2 unspecified atom stereocenters. The number of aliphatic hydroxyl groups is 1. The third kappa shape index (κ3) is 5.17. The third-order valence-corrected chi connectivity index (χ3v) is 4.26. The van der Waals surface area contributed by atoms with Gasteiger partial charge in [-0.05, 0) is 48.4 Å². The van der Waals surface area contributed by atoms with E-state index in [0.717, 1.165) is 12.8 Å². The molecular formula is C20H28O. The van der Waals surface area contributed by atoms with E-state index in [2.05, 4.69) is 49.4 Å². The molecule has 0 amide bonds. The van der Waals surface area contributed by atoms with Crippen molar-refractivity contribution in [1.29, 1.82) is 0 Å². The molecule has 2 rings (SSSR count). The topological polar surface area (TPSA) is 20.2 Å². The van der Waals surface area contributed by atoms with Crippen LogP contribution in [0.5, 0.6) is 0 Å². The second-order valence-corrected chi connectivity index (χ2v) is 6.31. The lowest BCUT2D eigenvalue weighted by molar-refractivity contribution is 0.153. The molecule has 0 aliphatic heterocycles. The predicted octanol–water partition coefficient (Wildman–Crippen LogP) is 5.35. The lowest BCUT2D eigenvalue weighted by atomic mass is 9.90. The molecule has 0 aromatic heterocycles. The predicted molar refractivity (Wildman–Crippen MR) is 91.6 cm³/mol. The van der Waals surface area contributed by atoms with Crippen LogP contribution < -0.4 is 0 Å². The largest absolute Gasteiger partial charge is 0.393 e. The first-order chi connectivity index (χ1) is 10.2. The molecule has 1 heteroatoms. The van der Waals surface area contributed by atoms with Gasteiger partial charge < -0.3 is 5.11 Å². The zero-order valence-electron chi connectivity index (χ0n) is 13.4. The molecule has 0 aliphatic carbocycles. The normalized spacial score (nSPS) is 14.2. The zero-order chi connectivity index (χ0) is 15.1. The fraction of sp³-hybridized carbons (Fsp3) is 0.500. The highest BCUT2D eigenvalue weighted by molar-refractivity contribution is 5.82. The van der Waals surface area contributed by atoms with Crippen LogP contribution in [0.15, 0.2) is 42.5 Å². The maximum Gasteiger partial charge on any atom is 0.0514 e. The highest BCUT2D eigenvalue weighted by atomic mass is 16.3. The Bertz CT molecular complexity index is 544. The summed E-state index contributed by atoms with van der Waals surface area (Å²) < 4.78 is 0. The van der Waals surface area contributed by atoms with E-state index in [0.29, 0.717) is 5.92 Å². The van der Waals surface area contributed by atoms with Crippen LogP contribution in [-0.2, 0) is 6.42 Å². The number of hydrogen-bond acceptors (Lipinski definition) is 1. The smallest absolute Gasteiger partial charge is 0.0514 e. The van der Waals surface area contributed by atoms with Gasteiger partial charge in [0, 0.05) is 0 Å². The zero-order valence-corrected chi connectivity index (χ0v) is 13.4. The summed E-state index contributed by atoms with van der Waals surface area (Å²) in [6.45, 7) is 4.14. The van der Waals surface area contributed by atoms with E-state index < -0.39 is 0 Å². The van der Waals surface area contributed by atoms with Crippen LogP contribution in [0, 0.1) is 5.92 Å². The Balaban J connectivity index is 1.88. The van der Waals surface area contributed by atoms with Gasteiger partial charge in [-0.25, -0.2) is 0 Å². The minimum Gasteiger partial charge on any atom is -0.393 e. The standard InChI is InChI=1S/C20H28O/c1-3-7-17(14-16(2)21)8-6-9-18-12-13-19-10-4-5-11-20(19)15-18/h4-5,10-13,15-17,21H,3,6-9,14H2,1-2H3. The molecule has 2 aromatic carbocycles. The maximum atomic E-state index is 9.58. The molecule has 0 spiro atoms. The van der Waals surface area contributed by atoms with Crippen molar-refractivity contribution in [2.24, 2.45) is 5.92 Å². The molecule has 0 fully saturated rings. The number of hydrogen-bond donors (Lipinski definition) is 1. The number of rotatable bonds is 8. The van der Waals surface area contributed by atoms with Crippen LogP contribution >= 0.6 is 0 Å². The van der Waals surface area contributed by atoms with E-state index in [-0.39, 0.29) is 6.10 Å². The Morgan fingerprint density at radius 1 is 1.00 bits per heavy atom. The Morgan fingerprint density at radius 2 is 1.76 bits per heavy atom. The van der Waals surface area contributed by atoms with Gasteiger partial charge in [0.05, 0.1) is 6.10 Å². The van der Waals surface area contributed by atoms with Crippen LogP contribution in [0.1, 0.15) is 51.5 Å². The Hall–Kier alpha value is -1.34. The summed E-state index contributed by atoms with van der Waals surface area (Å²) in [5.74, 6) is 0.676. The molecule has 2 atom stereocenters. The van der Waals surface area contributed by atoms with E-state index in [1.54, 1.807) is 0 Å². The molecule has 114 valence electrons. The van der Waals surface area contributed by atoms with E-state index in [1.165, 1.54) is 42.0 Å². The number of aryl methyl sites for hydroxylation is 1. The monoisotopic (exact) mass is 284 g/mol. The van der Waals surface area contributed by atoms with Gasteiger partial charge >= 0.3 is 0 Å². The quantitative estimate of drug-likeness (QED) is 0.693. The average molecular weight is 284 g/mol.